The van der Waals surface area contributed by atoms with Crippen LogP contribution in [0.25, 0.3) is 0 Å². The van der Waals surface area contributed by atoms with Crippen LogP contribution in [0.15, 0.2) is 46.2 Å². The average molecular weight is 220 g/mol. The predicted octanol–water partition coefficient (Wildman–Crippen LogP) is 2.39. The number of allylic oxidation sites excluding steroid dienone is 1. The van der Waals surface area contributed by atoms with Crippen molar-refractivity contribution in [1.29, 1.82) is 0 Å². The first kappa shape index (κ1) is 11.5. The highest BCUT2D eigenvalue weighted by atomic mass is 32.2. The van der Waals surface area contributed by atoms with Crippen molar-refractivity contribution in [2.75, 3.05) is 0 Å². The van der Waals surface area contributed by atoms with Crippen LogP contribution in [0.1, 0.15) is 13.8 Å². The van der Waals surface area contributed by atoms with Gasteiger partial charge in [-0.25, -0.2) is 8.42 Å². The number of sulfone groups is 1. The molecule has 0 aliphatic rings. The van der Waals surface area contributed by atoms with Crippen LogP contribution >= 0.6 is 0 Å². The van der Waals surface area contributed by atoms with Crippen LogP contribution < -0.4 is 0 Å². The summed E-state index contributed by atoms with van der Waals surface area (Å²) in [6.07, 6.45) is 0. The van der Waals surface area contributed by atoms with E-state index >= 15 is 0 Å². The van der Waals surface area contributed by atoms with Gasteiger partial charge in [0.2, 0.25) is 9.84 Å². The van der Waals surface area contributed by atoms with E-state index in [1.54, 1.807) is 44.2 Å². The minimum Gasteiger partial charge on any atom is -0.219 e. The van der Waals surface area contributed by atoms with Gasteiger partial charge in [-0.15, -0.1) is 5.92 Å². The van der Waals surface area contributed by atoms with Gasteiger partial charge in [0, 0.05) is 11.0 Å². The molecule has 0 atom stereocenters. The van der Waals surface area contributed by atoms with Crippen molar-refractivity contribution in [1.82, 2.24) is 0 Å². The topological polar surface area (TPSA) is 34.1 Å². The van der Waals surface area contributed by atoms with E-state index in [1.807, 2.05) is 0 Å². The van der Waals surface area contributed by atoms with Crippen LogP contribution in [0.2, 0.25) is 0 Å². The van der Waals surface area contributed by atoms with Crippen molar-refractivity contribution in [3.8, 4) is 11.8 Å². The van der Waals surface area contributed by atoms with Gasteiger partial charge in [0.15, 0.2) is 0 Å². The first-order chi connectivity index (χ1) is 7.06. The summed E-state index contributed by atoms with van der Waals surface area (Å²) in [5.74, 6) is 5.36. The van der Waals surface area contributed by atoms with Crippen molar-refractivity contribution < 1.29 is 8.42 Å². The molecule has 0 amide bonds. The number of benzene rings is 1. The molecule has 0 bridgehead atoms. The van der Waals surface area contributed by atoms with Crippen molar-refractivity contribution >= 4 is 9.84 Å². The minimum atomic E-state index is -3.35. The molecule has 0 fully saturated rings. The van der Waals surface area contributed by atoms with Gasteiger partial charge in [0.05, 0.1) is 4.90 Å². The molecule has 0 heterocycles. The van der Waals surface area contributed by atoms with Crippen LogP contribution in [-0.4, -0.2) is 8.42 Å². The first-order valence-electron chi connectivity index (χ1n) is 4.47. The summed E-state index contributed by atoms with van der Waals surface area (Å²) in [5.41, 5.74) is 0.543. The molecule has 0 aromatic heterocycles. The predicted molar refractivity (Wildman–Crippen MR) is 60.8 cm³/mol. The molecule has 3 heteroatoms. The highest BCUT2D eigenvalue weighted by Crippen LogP contribution is 2.12. The third kappa shape index (κ3) is 3.26. The lowest BCUT2D eigenvalue weighted by atomic mass is 10.4. The summed E-state index contributed by atoms with van der Waals surface area (Å²) in [6, 6.07) is 8.31. The summed E-state index contributed by atoms with van der Waals surface area (Å²) in [5, 5.41) is 1.19. The molecular formula is C12H12O2S. The number of rotatable bonds is 2. The van der Waals surface area contributed by atoms with Gasteiger partial charge in [-0.1, -0.05) is 24.1 Å². The maximum absolute atomic E-state index is 11.8. The Labute approximate surface area is 90.6 Å². The SMILES string of the molecule is CC#C/C(C)=C/S(=O)(=O)c1ccccc1. The molecule has 78 valence electrons. The lowest BCUT2D eigenvalue weighted by Crippen LogP contribution is -1.96. The number of hydrogen-bond donors (Lipinski definition) is 0. The zero-order valence-corrected chi connectivity index (χ0v) is 9.51. The summed E-state index contributed by atoms with van der Waals surface area (Å²) >= 11 is 0. The Balaban J connectivity index is 3.15. The van der Waals surface area contributed by atoms with Gasteiger partial charge < -0.3 is 0 Å². The quantitative estimate of drug-likeness (QED) is 0.717. The second-order valence-electron chi connectivity index (χ2n) is 3.03. The molecule has 0 unspecified atom stereocenters. The molecule has 0 radical (unpaired) electrons. The fraction of sp³-hybridized carbons (Fsp3) is 0.167. The van der Waals surface area contributed by atoms with E-state index in [0.717, 1.165) is 0 Å². The number of hydrogen-bond acceptors (Lipinski definition) is 2. The third-order valence-corrected chi connectivity index (χ3v) is 3.32. The molecule has 0 aliphatic carbocycles. The Morgan fingerprint density at radius 2 is 1.87 bits per heavy atom. The second-order valence-corrected chi connectivity index (χ2v) is 4.83. The van der Waals surface area contributed by atoms with E-state index in [1.165, 1.54) is 5.41 Å². The normalized spacial score (nSPS) is 11.7. The highest BCUT2D eigenvalue weighted by Gasteiger charge is 2.09. The van der Waals surface area contributed by atoms with E-state index in [9.17, 15) is 8.42 Å². The molecule has 0 saturated carbocycles. The standard InChI is InChI=1S/C12H12O2S/c1-3-7-11(2)10-15(13,14)12-8-5-4-6-9-12/h4-6,8-10H,1-2H3/b11-10+. The van der Waals surface area contributed by atoms with Gasteiger partial charge in [-0.05, 0) is 26.0 Å². The highest BCUT2D eigenvalue weighted by molar-refractivity contribution is 7.94. The Morgan fingerprint density at radius 3 is 2.40 bits per heavy atom. The lowest BCUT2D eigenvalue weighted by molar-refractivity contribution is 0.604. The Morgan fingerprint density at radius 1 is 1.27 bits per heavy atom. The van der Waals surface area contributed by atoms with Crippen LogP contribution in [0.3, 0.4) is 0 Å². The van der Waals surface area contributed by atoms with Crippen molar-refractivity contribution in [2.45, 2.75) is 18.7 Å². The molecular weight excluding hydrogens is 208 g/mol. The summed E-state index contributed by atoms with van der Waals surface area (Å²) in [7, 11) is -3.35. The van der Waals surface area contributed by atoms with Gasteiger partial charge in [0.25, 0.3) is 0 Å². The maximum atomic E-state index is 11.8. The van der Waals surface area contributed by atoms with Gasteiger partial charge in [0.1, 0.15) is 0 Å². The summed E-state index contributed by atoms with van der Waals surface area (Å²) in [4.78, 5) is 0.294. The van der Waals surface area contributed by atoms with E-state index in [4.69, 9.17) is 0 Å². The monoisotopic (exact) mass is 220 g/mol. The zero-order chi connectivity index (χ0) is 11.3. The van der Waals surface area contributed by atoms with E-state index < -0.39 is 9.84 Å². The van der Waals surface area contributed by atoms with E-state index in [2.05, 4.69) is 11.8 Å². The molecule has 1 rings (SSSR count). The van der Waals surface area contributed by atoms with Crippen molar-refractivity contribution in [3.63, 3.8) is 0 Å². The molecule has 0 N–H and O–H groups in total. The van der Waals surface area contributed by atoms with Gasteiger partial charge in [-0.2, -0.15) is 0 Å². The molecule has 0 saturated heterocycles. The van der Waals surface area contributed by atoms with Crippen molar-refractivity contribution in [2.24, 2.45) is 0 Å². The molecule has 0 aliphatic heterocycles. The Kier molecular flexibility index (Phi) is 3.70. The van der Waals surface area contributed by atoms with Crippen molar-refractivity contribution in [3.05, 3.63) is 41.3 Å². The average Bonchev–Trinajstić information content (AvgIpc) is 2.18. The molecule has 0 spiro atoms. The van der Waals surface area contributed by atoms with E-state index in [0.29, 0.717) is 10.5 Å². The van der Waals surface area contributed by atoms with Crippen LogP contribution in [-0.2, 0) is 9.84 Å². The second kappa shape index (κ2) is 4.81. The Hall–Kier alpha value is -1.53. The lowest BCUT2D eigenvalue weighted by Gasteiger charge is -1.98. The summed E-state index contributed by atoms with van der Waals surface area (Å²) < 4.78 is 23.5. The molecule has 15 heavy (non-hydrogen) atoms. The van der Waals surface area contributed by atoms with Crippen LogP contribution in [0, 0.1) is 11.8 Å². The van der Waals surface area contributed by atoms with E-state index in [-0.39, 0.29) is 0 Å². The van der Waals surface area contributed by atoms with Crippen LogP contribution in [0.5, 0.6) is 0 Å². The molecule has 2 nitrogen and oxygen atoms in total. The maximum Gasteiger partial charge on any atom is 0.200 e. The minimum absolute atomic E-state index is 0.294. The smallest absolute Gasteiger partial charge is 0.200 e. The Bertz CT molecular complexity index is 514. The van der Waals surface area contributed by atoms with Gasteiger partial charge in [-0.3, -0.25) is 0 Å². The molecule has 1 aromatic carbocycles. The molecule has 1 aromatic rings. The van der Waals surface area contributed by atoms with Crippen LogP contribution in [0.4, 0.5) is 0 Å². The zero-order valence-electron chi connectivity index (χ0n) is 8.69. The fourth-order valence-electron chi connectivity index (χ4n) is 1.14. The largest absolute Gasteiger partial charge is 0.219 e. The fourth-order valence-corrected chi connectivity index (χ4v) is 2.33. The third-order valence-electron chi connectivity index (χ3n) is 1.73. The first-order valence-corrected chi connectivity index (χ1v) is 6.02. The summed E-state index contributed by atoms with van der Waals surface area (Å²) in [6.45, 7) is 3.35. The van der Waals surface area contributed by atoms with Gasteiger partial charge >= 0.3 is 0 Å².